The van der Waals surface area contributed by atoms with Crippen LogP contribution in [0.25, 0.3) is 0 Å². The van der Waals surface area contributed by atoms with Crippen LogP contribution in [0.4, 0.5) is 4.70 Å². The van der Waals surface area contributed by atoms with Crippen molar-refractivity contribution in [3.8, 4) is 12.1 Å². The van der Waals surface area contributed by atoms with Crippen molar-refractivity contribution in [2.75, 3.05) is 0 Å². The second kappa shape index (κ2) is 56.7. The molecule has 0 spiro atoms. The molecule has 0 aromatic rings. The van der Waals surface area contributed by atoms with Gasteiger partial charge in [0, 0.05) is 8.41 Å². The predicted molar refractivity (Wildman–Crippen MR) is 29.9 cm³/mol. The Morgan fingerprint density at radius 3 is 1.14 bits per heavy atom. The van der Waals surface area contributed by atoms with Gasteiger partial charge >= 0.3 is 0 Å². The molecule has 0 saturated carbocycles. The monoisotopic (exact) mass is 117 g/mol. The summed E-state index contributed by atoms with van der Waals surface area (Å²) in [5.41, 5.74) is 0. The van der Waals surface area contributed by atoms with Crippen molar-refractivity contribution < 1.29 is 4.70 Å². The quantitative estimate of drug-likeness (QED) is 0.416. The summed E-state index contributed by atoms with van der Waals surface area (Å²) in [5, 5.41) is 14.5. The molecule has 0 aliphatic heterocycles. The third-order valence-electron chi connectivity index (χ3n) is 0.0500. The van der Waals surface area contributed by atoms with E-state index in [1.165, 1.54) is 12.1 Å². The standard InChI is InChI=1S/C2N2.B.FH.H2S/c3-1-2-4;;;/h;;1H;1H2. The lowest BCUT2D eigenvalue weighted by atomic mass is 10.8. The van der Waals surface area contributed by atoms with Crippen LogP contribution in [-0.4, -0.2) is 8.41 Å². The molecule has 0 aliphatic carbocycles. The van der Waals surface area contributed by atoms with Gasteiger partial charge in [0.15, 0.2) is 12.1 Å². The van der Waals surface area contributed by atoms with Crippen LogP contribution in [0.2, 0.25) is 0 Å². The summed E-state index contributed by atoms with van der Waals surface area (Å²) < 4.78 is 0. The van der Waals surface area contributed by atoms with Crippen molar-refractivity contribution in [1.82, 2.24) is 0 Å². The normalized spacial score (nSPS) is 1.43. The zero-order chi connectivity index (χ0) is 3.41. The third-order valence-corrected chi connectivity index (χ3v) is 0.0500. The number of hydrogen-bond acceptors (Lipinski definition) is 2. The predicted octanol–water partition coefficient (Wildman–Crippen LogP) is -0.0819. The summed E-state index contributed by atoms with van der Waals surface area (Å²) in [6.45, 7) is 0. The molecule has 2 nitrogen and oxygen atoms in total. The number of nitrogens with zero attached hydrogens (tertiary/aromatic N) is 2. The molecule has 0 rings (SSSR count). The minimum Gasteiger partial charge on any atom is -0.269 e. The molecule has 0 aromatic heterocycles. The molecule has 0 atom stereocenters. The average molecular weight is 117 g/mol. The van der Waals surface area contributed by atoms with Gasteiger partial charge in [-0.05, 0) is 0 Å². The fraction of sp³-hybridized carbons (Fsp3) is 0. The molecule has 5 heteroatoms. The first kappa shape index (κ1) is 33.2. The van der Waals surface area contributed by atoms with Gasteiger partial charge < -0.3 is 0 Å². The highest BCUT2D eigenvalue weighted by atomic mass is 32.1. The van der Waals surface area contributed by atoms with Crippen LogP contribution in [0.1, 0.15) is 0 Å². The van der Waals surface area contributed by atoms with E-state index in [-0.39, 0.29) is 26.6 Å². The first-order chi connectivity index (χ1) is 1.91. The third kappa shape index (κ3) is 558. The van der Waals surface area contributed by atoms with Gasteiger partial charge in [-0.3, -0.25) is 4.70 Å². The molecule has 0 aromatic carbocycles. The van der Waals surface area contributed by atoms with Gasteiger partial charge in [-0.1, -0.05) is 0 Å². The molecule has 0 saturated heterocycles. The zero-order valence-electron chi connectivity index (χ0n) is 3.38. The van der Waals surface area contributed by atoms with Crippen LogP contribution in [0, 0.1) is 22.7 Å². The molecule has 7 heavy (non-hydrogen) atoms. The lowest BCUT2D eigenvalue weighted by molar-refractivity contribution is 1.11. The highest BCUT2D eigenvalue weighted by Gasteiger charge is 1.39. The first-order valence-electron chi connectivity index (χ1n) is 0.697. The van der Waals surface area contributed by atoms with Crippen molar-refractivity contribution in [1.29, 1.82) is 10.5 Å². The number of rotatable bonds is 0. The van der Waals surface area contributed by atoms with Crippen molar-refractivity contribution in [2.45, 2.75) is 0 Å². The highest BCUT2D eigenvalue weighted by molar-refractivity contribution is 7.59. The lowest BCUT2D eigenvalue weighted by Crippen LogP contribution is -1.26. The molecule has 3 radical (unpaired) electrons. The minimum atomic E-state index is 0. The van der Waals surface area contributed by atoms with E-state index < -0.39 is 0 Å². The Morgan fingerprint density at radius 2 is 1.14 bits per heavy atom. The maximum atomic E-state index is 7.26. The average Bonchev–Trinajstić information content (AvgIpc) is 1.37. The van der Waals surface area contributed by atoms with Gasteiger partial charge in [0.25, 0.3) is 0 Å². The number of hydrogen-bond donors (Lipinski definition) is 0. The van der Waals surface area contributed by atoms with Crippen LogP contribution >= 0.6 is 13.5 Å². The van der Waals surface area contributed by atoms with Crippen molar-refractivity contribution in [3.05, 3.63) is 0 Å². The van der Waals surface area contributed by atoms with Crippen LogP contribution in [0.5, 0.6) is 0 Å². The van der Waals surface area contributed by atoms with Gasteiger partial charge in [0.05, 0.1) is 0 Å². The van der Waals surface area contributed by atoms with Crippen LogP contribution in [0.15, 0.2) is 0 Å². The molecule has 0 heterocycles. The van der Waals surface area contributed by atoms with E-state index in [1.807, 2.05) is 0 Å². The van der Waals surface area contributed by atoms with Gasteiger partial charge in [-0.2, -0.15) is 24.0 Å². The Kier molecular flexibility index (Phi) is 269. The smallest absolute Gasteiger partial charge is 0.181 e. The maximum absolute atomic E-state index is 7.26. The second-order valence-corrected chi connectivity index (χ2v) is 0.224. The summed E-state index contributed by atoms with van der Waals surface area (Å²) in [6, 6.07) is 2.47. The van der Waals surface area contributed by atoms with Gasteiger partial charge in [-0.25, -0.2) is 0 Å². The van der Waals surface area contributed by atoms with E-state index in [0.717, 1.165) is 0 Å². The van der Waals surface area contributed by atoms with E-state index in [2.05, 4.69) is 0 Å². The Bertz CT molecular complexity index is 70.7. The van der Waals surface area contributed by atoms with E-state index >= 15 is 0 Å². The van der Waals surface area contributed by atoms with E-state index in [9.17, 15) is 0 Å². The molecule has 0 N–H and O–H groups in total. The molecule has 37 valence electrons. The molecule has 0 aliphatic rings. The Labute approximate surface area is 50.1 Å². The van der Waals surface area contributed by atoms with Gasteiger partial charge in [0.2, 0.25) is 0 Å². The molecule has 0 bridgehead atoms. The Morgan fingerprint density at radius 1 is 1.00 bits per heavy atom. The molecular formula is C2H3BFN2S. The second-order valence-electron chi connectivity index (χ2n) is 0.224. The fourth-order valence-corrected chi connectivity index (χ4v) is 0. The van der Waals surface area contributed by atoms with Gasteiger partial charge in [0.1, 0.15) is 0 Å². The first-order valence-corrected chi connectivity index (χ1v) is 0.697. The molecule has 0 unspecified atom stereocenters. The fourth-order valence-electron chi connectivity index (χ4n) is 0. The van der Waals surface area contributed by atoms with Crippen LogP contribution in [0.3, 0.4) is 0 Å². The SMILES string of the molecule is F.N#CC#N.S.[B]. The topological polar surface area (TPSA) is 47.6 Å². The Hall–Kier alpha value is -0.675. The summed E-state index contributed by atoms with van der Waals surface area (Å²) in [5.74, 6) is 0. The zero-order valence-corrected chi connectivity index (χ0v) is 4.38. The van der Waals surface area contributed by atoms with E-state index in [1.54, 1.807) is 0 Å². The molecule has 0 amide bonds. The Balaban J connectivity index is -0.0000000150. The minimum absolute atomic E-state index is 0. The van der Waals surface area contributed by atoms with E-state index in [4.69, 9.17) is 10.5 Å². The maximum Gasteiger partial charge on any atom is 0.181 e. The summed E-state index contributed by atoms with van der Waals surface area (Å²) in [4.78, 5) is 0. The van der Waals surface area contributed by atoms with Crippen LogP contribution in [-0.2, 0) is 0 Å². The summed E-state index contributed by atoms with van der Waals surface area (Å²) in [6.07, 6.45) is 0. The lowest BCUT2D eigenvalue weighted by Gasteiger charge is -1.16. The summed E-state index contributed by atoms with van der Waals surface area (Å²) in [7, 11) is 0. The largest absolute Gasteiger partial charge is 0.269 e. The molecule has 0 fully saturated rings. The highest BCUT2D eigenvalue weighted by Crippen LogP contribution is 1.27. The van der Waals surface area contributed by atoms with Crippen molar-refractivity contribution >= 4 is 21.9 Å². The number of halogens is 1. The molecular weight excluding hydrogens is 114 g/mol. The summed E-state index contributed by atoms with van der Waals surface area (Å²) >= 11 is 0. The van der Waals surface area contributed by atoms with E-state index in [0.29, 0.717) is 0 Å². The van der Waals surface area contributed by atoms with Gasteiger partial charge in [-0.15, -0.1) is 0 Å². The van der Waals surface area contributed by atoms with Crippen molar-refractivity contribution in [2.24, 2.45) is 0 Å². The number of nitriles is 2. The van der Waals surface area contributed by atoms with Crippen molar-refractivity contribution in [3.63, 3.8) is 0 Å². The van der Waals surface area contributed by atoms with Crippen LogP contribution < -0.4 is 0 Å².